The van der Waals surface area contributed by atoms with Gasteiger partial charge in [-0.2, -0.15) is 0 Å². The van der Waals surface area contributed by atoms with Crippen molar-refractivity contribution in [3.05, 3.63) is 62.3 Å². The number of carbonyl (C=O) groups is 1. The Morgan fingerprint density at radius 2 is 1.72 bits per heavy atom. The van der Waals surface area contributed by atoms with Crippen molar-refractivity contribution < 1.29 is 14.7 Å². The Morgan fingerprint density at radius 3 is 2.24 bits per heavy atom. The number of hydrogen-bond donors (Lipinski definition) is 0. The first kappa shape index (κ1) is 17.4. The van der Waals surface area contributed by atoms with E-state index in [0.717, 1.165) is 5.82 Å². The van der Waals surface area contributed by atoms with Crippen molar-refractivity contribution in [2.24, 2.45) is 0 Å². The minimum atomic E-state index is -0.454. The molecule has 9 heteroatoms. The lowest BCUT2D eigenvalue weighted by molar-refractivity contribution is -0.414. The van der Waals surface area contributed by atoms with Crippen molar-refractivity contribution >= 4 is 40.6 Å². The van der Waals surface area contributed by atoms with Gasteiger partial charge in [0.15, 0.2) is 6.20 Å². The molecule has 0 spiro atoms. The molecule has 0 unspecified atom stereocenters. The second-order valence-electron chi connectivity index (χ2n) is 5.57. The average Bonchev–Trinajstić information content (AvgIpc) is 2.61. The van der Waals surface area contributed by atoms with E-state index in [-0.39, 0.29) is 11.6 Å². The van der Waals surface area contributed by atoms with Gasteiger partial charge in [-0.25, -0.2) is 4.98 Å². The largest absolute Gasteiger partial charge is 0.331 e. The fraction of sp³-hybridized carbons (Fsp3) is 0.250. The zero-order valence-corrected chi connectivity index (χ0v) is 14.6. The zero-order chi connectivity index (χ0) is 18.0. The summed E-state index contributed by atoms with van der Waals surface area (Å²) in [4.78, 5) is 29.6. The number of hydrogen-bond acceptors (Lipinski definition) is 4. The third-order valence-corrected chi connectivity index (χ3v) is 4.70. The number of carbonyl (C=O) groups excluding carboxylic acids is 1. The van der Waals surface area contributed by atoms with Crippen LogP contribution in [0.15, 0.2) is 36.5 Å². The van der Waals surface area contributed by atoms with Gasteiger partial charge in [0.1, 0.15) is 13.1 Å². The van der Waals surface area contributed by atoms with Gasteiger partial charge in [-0.05, 0) is 12.1 Å². The molecule has 130 valence electrons. The monoisotopic (exact) mass is 381 g/mol. The summed E-state index contributed by atoms with van der Waals surface area (Å²) in [5, 5.41) is 11.4. The van der Waals surface area contributed by atoms with E-state index in [9.17, 15) is 14.9 Å². The molecular weight excluding hydrogens is 367 g/mol. The van der Waals surface area contributed by atoms with Crippen molar-refractivity contribution in [2.75, 3.05) is 31.1 Å². The Balaban J connectivity index is 1.67. The number of pyridine rings is 1. The molecule has 1 fully saturated rings. The van der Waals surface area contributed by atoms with Gasteiger partial charge in [0, 0.05) is 12.1 Å². The number of anilines is 1. The molecule has 1 N–H and O–H groups in total. The van der Waals surface area contributed by atoms with Gasteiger partial charge in [-0.15, -0.1) is 0 Å². The standard InChI is InChI=1S/C16H14Cl2N4O3/c17-12-2-1-3-13(18)15(12)16(23)21-8-6-20(7-9-21)14-5-4-11(10-19-14)22(24)25/h1-5,10H,6-9H2/p+1. The lowest BCUT2D eigenvalue weighted by Crippen LogP contribution is -2.50. The number of aromatic nitrogens is 1. The Kier molecular flexibility index (Phi) is 5.06. The molecule has 1 aliphatic heterocycles. The number of H-pyrrole nitrogens is 1. The van der Waals surface area contributed by atoms with E-state index in [1.165, 1.54) is 12.3 Å². The first-order valence-corrected chi connectivity index (χ1v) is 8.37. The van der Waals surface area contributed by atoms with E-state index in [1.54, 1.807) is 29.2 Å². The summed E-state index contributed by atoms with van der Waals surface area (Å²) in [6, 6.07) is 8.10. The fourth-order valence-corrected chi connectivity index (χ4v) is 3.29. The van der Waals surface area contributed by atoms with E-state index < -0.39 is 4.92 Å². The minimum Gasteiger partial charge on any atom is -0.331 e. The molecule has 1 saturated heterocycles. The first-order valence-electron chi connectivity index (χ1n) is 7.62. The van der Waals surface area contributed by atoms with Crippen LogP contribution in [-0.2, 0) is 0 Å². The molecule has 2 aromatic rings. The molecule has 0 saturated carbocycles. The van der Waals surface area contributed by atoms with E-state index >= 15 is 0 Å². The number of amides is 1. The van der Waals surface area contributed by atoms with Crippen LogP contribution in [0.25, 0.3) is 0 Å². The Bertz CT molecular complexity index is 785. The molecule has 0 aliphatic carbocycles. The molecule has 2 heterocycles. The molecule has 1 aromatic carbocycles. The molecule has 1 amide bonds. The molecule has 7 nitrogen and oxygen atoms in total. The van der Waals surface area contributed by atoms with Crippen molar-refractivity contribution in [1.29, 1.82) is 0 Å². The number of nitrogens with one attached hydrogen (secondary N) is 1. The number of benzene rings is 1. The van der Waals surface area contributed by atoms with Crippen LogP contribution >= 0.6 is 23.2 Å². The quantitative estimate of drug-likeness (QED) is 0.604. The first-order chi connectivity index (χ1) is 12.0. The molecule has 0 atom stereocenters. The SMILES string of the molecule is O=C(c1c(Cl)cccc1Cl)N1CCN(c2ccc([N+](=O)[O-])c[nH+]2)CC1. The van der Waals surface area contributed by atoms with Crippen molar-refractivity contribution in [2.45, 2.75) is 0 Å². The van der Waals surface area contributed by atoms with E-state index in [1.807, 2.05) is 4.90 Å². The van der Waals surface area contributed by atoms with Gasteiger partial charge in [-0.3, -0.25) is 19.8 Å². The third-order valence-electron chi connectivity index (χ3n) is 4.07. The fourth-order valence-electron chi connectivity index (χ4n) is 2.73. The minimum absolute atomic E-state index is 0.00549. The van der Waals surface area contributed by atoms with Crippen LogP contribution in [-0.4, -0.2) is 41.9 Å². The Labute approximate surface area is 153 Å². The molecule has 0 bridgehead atoms. The maximum Gasteiger partial charge on any atom is 0.308 e. The average molecular weight is 382 g/mol. The summed E-state index contributed by atoms with van der Waals surface area (Å²) in [5.74, 6) is 0.580. The highest BCUT2D eigenvalue weighted by molar-refractivity contribution is 6.39. The summed E-state index contributed by atoms with van der Waals surface area (Å²) in [7, 11) is 0. The number of rotatable bonds is 3. The van der Waals surface area contributed by atoms with Crippen LogP contribution in [0.1, 0.15) is 10.4 Å². The van der Waals surface area contributed by atoms with Crippen LogP contribution in [0.2, 0.25) is 10.0 Å². The second-order valence-corrected chi connectivity index (χ2v) is 6.38. The number of piperazine rings is 1. The van der Waals surface area contributed by atoms with Crippen molar-refractivity contribution in [3.8, 4) is 0 Å². The second kappa shape index (κ2) is 7.25. The maximum absolute atomic E-state index is 12.7. The molecule has 3 rings (SSSR count). The van der Waals surface area contributed by atoms with Gasteiger partial charge in [0.25, 0.3) is 11.7 Å². The molecule has 1 aliphatic rings. The summed E-state index contributed by atoms with van der Waals surface area (Å²) in [6.45, 7) is 2.21. The summed E-state index contributed by atoms with van der Waals surface area (Å²) in [6.07, 6.45) is 1.36. The van der Waals surface area contributed by atoms with Gasteiger partial charge in [-0.1, -0.05) is 29.3 Å². The predicted octanol–water partition coefficient (Wildman–Crippen LogP) is 2.68. The highest BCUT2D eigenvalue weighted by Crippen LogP contribution is 2.26. The maximum atomic E-state index is 12.7. The highest BCUT2D eigenvalue weighted by atomic mass is 35.5. The summed E-state index contributed by atoms with van der Waals surface area (Å²) in [5.41, 5.74) is 0.326. The van der Waals surface area contributed by atoms with Gasteiger partial charge in [0.2, 0.25) is 0 Å². The topological polar surface area (TPSA) is 80.8 Å². The van der Waals surface area contributed by atoms with Crippen LogP contribution in [0, 0.1) is 10.1 Å². The molecule has 1 aromatic heterocycles. The zero-order valence-electron chi connectivity index (χ0n) is 13.1. The van der Waals surface area contributed by atoms with Crippen LogP contribution < -0.4 is 9.88 Å². The van der Waals surface area contributed by atoms with Gasteiger partial charge < -0.3 is 4.90 Å². The summed E-state index contributed by atoms with van der Waals surface area (Å²) < 4.78 is 0. The number of halogens is 2. The Morgan fingerprint density at radius 1 is 1.08 bits per heavy atom. The number of nitrogens with zero attached hydrogens (tertiary/aromatic N) is 3. The van der Waals surface area contributed by atoms with E-state index in [4.69, 9.17) is 23.2 Å². The molecular formula is C16H15Cl2N4O3+. The van der Waals surface area contributed by atoms with Crippen LogP contribution in [0.5, 0.6) is 0 Å². The van der Waals surface area contributed by atoms with Crippen molar-refractivity contribution in [3.63, 3.8) is 0 Å². The molecule has 25 heavy (non-hydrogen) atoms. The summed E-state index contributed by atoms with van der Waals surface area (Å²) >= 11 is 12.2. The van der Waals surface area contributed by atoms with Gasteiger partial charge >= 0.3 is 5.69 Å². The Hall–Kier alpha value is -2.38. The number of aromatic amines is 1. The van der Waals surface area contributed by atoms with Crippen molar-refractivity contribution in [1.82, 2.24) is 4.90 Å². The predicted molar refractivity (Wildman–Crippen MR) is 94.2 cm³/mol. The normalized spacial score (nSPS) is 14.5. The highest BCUT2D eigenvalue weighted by Gasteiger charge is 2.29. The molecule has 0 radical (unpaired) electrons. The lowest BCUT2D eigenvalue weighted by atomic mass is 10.1. The van der Waals surface area contributed by atoms with Gasteiger partial charge in [0.05, 0.1) is 33.6 Å². The smallest absolute Gasteiger partial charge is 0.308 e. The lowest BCUT2D eigenvalue weighted by Gasteiger charge is -2.31. The van der Waals surface area contributed by atoms with Crippen LogP contribution in [0.3, 0.4) is 0 Å². The van der Waals surface area contributed by atoms with Crippen LogP contribution in [0.4, 0.5) is 11.5 Å². The van der Waals surface area contributed by atoms with E-state index in [2.05, 4.69) is 4.98 Å². The number of nitro groups is 1. The third kappa shape index (κ3) is 3.67. The van der Waals surface area contributed by atoms with E-state index in [0.29, 0.717) is 41.8 Å².